The van der Waals surface area contributed by atoms with Crippen LogP contribution in [0.25, 0.3) is 0 Å². The third-order valence-electron chi connectivity index (χ3n) is 13.2. The van der Waals surface area contributed by atoms with Crippen molar-refractivity contribution in [1.29, 1.82) is 0 Å². The fourth-order valence-electron chi connectivity index (χ4n) is 8.54. The normalized spacial score (nSPS) is 13.6. The van der Waals surface area contributed by atoms with Crippen LogP contribution in [0.2, 0.25) is 0 Å². The molecule has 0 aliphatic heterocycles. The summed E-state index contributed by atoms with van der Waals surface area (Å²) >= 11 is 0. The highest BCUT2D eigenvalue weighted by molar-refractivity contribution is 7.47. The molecule has 11 nitrogen and oxygen atoms in total. The summed E-state index contributed by atoms with van der Waals surface area (Å²) in [5.74, 6) is -1.47. The number of carbonyl (C=O) groups is 3. The van der Waals surface area contributed by atoms with Crippen LogP contribution in [-0.2, 0) is 42.2 Å². The van der Waals surface area contributed by atoms with Gasteiger partial charge in [0.25, 0.3) is 0 Å². The second-order valence-electron chi connectivity index (χ2n) is 20.5. The molecule has 0 aliphatic carbocycles. The molecule has 74 heavy (non-hydrogen) atoms. The molecule has 0 fully saturated rings. The third kappa shape index (κ3) is 54.2. The van der Waals surface area contributed by atoms with Crippen molar-refractivity contribution in [2.75, 3.05) is 26.4 Å². The molecule has 0 aliphatic rings. The summed E-state index contributed by atoms with van der Waals surface area (Å²) < 4.78 is 39.6. The van der Waals surface area contributed by atoms with Crippen molar-refractivity contribution < 1.29 is 52.2 Å². The van der Waals surface area contributed by atoms with Crippen molar-refractivity contribution in [1.82, 2.24) is 0 Å². The number of aliphatic hydroxyl groups is 1. The summed E-state index contributed by atoms with van der Waals surface area (Å²) in [4.78, 5) is 48.6. The van der Waals surface area contributed by atoms with Gasteiger partial charge >= 0.3 is 25.7 Å². The van der Waals surface area contributed by atoms with E-state index in [1.807, 2.05) is 0 Å². The maximum atomic E-state index is 12.9. The summed E-state index contributed by atoms with van der Waals surface area (Å²) in [6.07, 6.45) is 60.6. The summed E-state index contributed by atoms with van der Waals surface area (Å²) in [7, 11) is -4.75. The van der Waals surface area contributed by atoms with E-state index < -0.39 is 57.8 Å². The number of unbranched alkanes of at least 4 members (excludes halogenated alkanes) is 32. The van der Waals surface area contributed by atoms with E-state index in [9.17, 15) is 28.9 Å². The van der Waals surface area contributed by atoms with E-state index in [1.165, 1.54) is 135 Å². The Hall–Kier alpha value is -2.56. The molecular formula is C62H113O11P. The van der Waals surface area contributed by atoms with Gasteiger partial charge in [-0.15, -0.1) is 0 Å². The molecule has 0 aromatic heterocycles. The van der Waals surface area contributed by atoms with Crippen molar-refractivity contribution in [3.8, 4) is 0 Å². The van der Waals surface area contributed by atoms with Gasteiger partial charge < -0.3 is 24.2 Å². The molecule has 0 saturated carbocycles. The number of rotatable bonds is 57. The fraction of sp³-hybridized carbons (Fsp3) is 0.823. The van der Waals surface area contributed by atoms with Crippen LogP contribution in [0.4, 0.5) is 0 Å². The van der Waals surface area contributed by atoms with Gasteiger partial charge in [-0.1, -0.05) is 243 Å². The lowest BCUT2D eigenvalue weighted by Crippen LogP contribution is -2.30. The van der Waals surface area contributed by atoms with E-state index in [0.717, 1.165) is 96.3 Å². The minimum atomic E-state index is -4.75. The topological polar surface area (TPSA) is 155 Å². The molecule has 3 atom stereocenters. The molecule has 0 aromatic rings. The van der Waals surface area contributed by atoms with Gasteiger partial charge in [-0.05, 0) is 77.0 Å². The average molecular weight is 1070 g/mol. The lowest BCUT2D eigenvalue weighted by atomic mass is 10.0. The van der Waals surface area contributed by atoms with Crippen LogP contribution < -0.4 is 0 Å². The second-order valence-corrected chi connectivity index (χ2v) is 22.0. The Bertz CT molecular complexity index is 1430. The number of carbonyl (C=O) groups excluding carboxylic acids is 3. The first-order valence-electron chi connectivity index (χ1n) is 30.5. The maximum Gasteiger partial charge on any atom is 0.472 e. The summed E-state index contributed by atoms with van der Waals surface area (Å²) in [5, 5.41) is 9.82. The molecule has 0 amide bonds. The lowest BCUT2D eigenvalue weighted by molar-refractivity contribution is -0.161. The zero-order chi connectivity index (χ0) is 54.1. The first kappa shape index (κ1) is 71.4. The number of phosphoric acid groups is 1. The van der Waals surface area contributed by atoms with Gasteiger partial charge in [-0.2, -0.15) is 0 Å². The summed E-state index contributed by atoms with van der Waals surface area (Å²) in [6.45, 7) is 4.58. The molecule has 0 heterocycles. The predicted octanol–water partition coefficient (Wildman–Crippen LogP) is 18.1. The Morgan fingerprint density at radius 1 is 0.378 bits per heavy atom. The smallest absolute Gasteiger partial charge is 0.462 e. The fourth-order valence-corrected chi connectivity index (χ4v) is 9.33. The summed E-state index contributed by atoms with van der Waals surface area (Å²) in [5.41, 5.74) is 0. The lowest BCUT2D eigenvalue weighted by Gasteiger charge is -2.21. The number of aliphatic hydroxyl groups excluding tert-OH is 1. The van der Waals surface area contributed by atoms with Crippen molar-refractivity contribution in [3.63, 3.8) is 0 Å². The monoisotopic (exact) mass is 1060 g/mol. The number of esters is 3. The Morgan fingerprint density at radius 3 is 1.08 bits per heavy atom. The number of phosphoric ester groups is 1. The Balaban J connectivity index is 4.71. The standard InChI is InChI=1S/C62H113O11P/c1-4-7-10-13-16-19-22-25-27-29-31-34-36-39-42-45-48-51-60(64)69-55-59(73-62(66)53-50-47-44-41-38-35-32-30-28-26-23-20-17-14-11-8-5-2)57-71-74(67,68)70-56-58(54-63)72-61(65)52-49-46-43-40-37-33-24-21-18-15-12-9-6-3/h12,15-16,19,21,24-25,27,58-59,63H,4-11,13-14,17-18,20,22-23,26,28-57H2,1-3H3,(H,67,68)/b15-12-,19-16-,24-21-,27-25-. The quantitative estimate of drug-likeness (QED) is 0.0197. The largest absolute Gasteiger partial charge is 0.472 e. The summed E-state index contributed by atoms with van der Waals surface area (Å²) in [6, 6.07) is 0. The molecule has 0 rings (SSSR count). The van der Waals surface area contributed by atoms with Crippen LogP contribution in [0, 0.1) is 0 Å². The van der Waals surface area contributed by atoms with Gasteiger partial charge in [0.05, 0.1) is 19.8 Å². The molecule has 12 heteroatoms. The van der Waals surface area contributed by atoms with Gasteiger partial charge in [0, 0.05) is 19.3 Å². The van der Waals surface area contributed by atoms with Gasteiger partial charge in [0.2, 0.25) is 0 Å². The van der Waals surface area contributed by atoms with Crippen molar-refractivity contribution in [3.05, 3.63) is 48.6 Å². The number of hydrogen-bond acceptors (Lipinski definition) is 10. The molecular weight excluding hydrogens is 952 g/mol. The molecule has 3 unspecified atom stereocenters. The number of ether oxygens (including phenoxy) is 3. The predicted molar refractivity (Wildman–Crippen MR) is 307 cm³/mol. The Kier molecular flexibility index (Phi) is 54.7. The van der Waals surface area contributed by atoms with Crippen molar-refractivity contribution in [2.45, 2.75) is 303 Å². The van der Waals surface area contributed by atoms with Gasteiger partial charge in [0.1, 0.15) is 12.7 Å². The highest BCUT2D eigenvalue weighted by Gasteiger charge is 2.28. The maximum absolute atomic E-state index is 12.9. The van der Waals surface area contributed by atoms with E-state index in [2.05, 4.69) is 69.4 Å². The van der Waals surface area contributed by atoms with Crippen molar-refractivity contribution >= 4 is 25.7 Å². The molecule has 0 spiro atoms. The van der Waals surface area contributed by atoms with Crippen LogP contribution in [0.5, 0.6) is 0 Å². The van der Waals surface area contributed by atoms with E-state index >= 15 is 0 Å². The number of allylic oxidation sites excluding steroid dienone is 8. The first-order valence-corrected chi connectivity index (χ1v) is 32.0. The Morgan fingerprint density at radius 2 is 0.689 bits per heavy atom. The molecule has 0 radical (unpaired) electrons. The second kappa shape index (κ2) is 56.6. The minimum absolute atomic E-state index is 0.162. The van der Waals surface area contributed by atoms with Crippen LogP contribution >= 0.6 is 7.82 Å². The number of hydrogen-bond donors (Lipinski definition) is 2. The van der Waals surface area contributed by atoms with Gasteiger partial charge in [-0.25, -0.2) is 4.57 Å². The molecule has 0 saturated heterocycles. The van der Waals surface area contributed by atoms with Crippen LogP contribution in [0.1, 0.15) is 290 Å². The minimum Gasteiger partial charge on any atom is -0.462 e. The van der Waals surface area contributed by atoms with Gasteiger partial charge in [0.15, 0.2) is 6.10 Å². The SMILES string of the molecule is CCC/C=C\C/C=C\CCCCCCCC(=O)OC(CO)COP(=O)(O)OCC(COC(=O)CCCCCCCCC/C=C\C/C=C\CCCCC)OC(=O)CCCCCCCCCCCCCCCCCCC. The zero-order valence-corrected chi connectivity index (χ0v) is 48.7. The molecule has 0 bridgehead atoms. The van der Waals surface area contributed by atoms with Crippen LogP contribution in [0.3, 0.4) is 0 Å². The molecule has 2 N–H and O–H groups in total. The third-order valence-corrected chi connectivity index (χ3v) is 14.2. The molecule has 0 aromatic carbocycles. The molecule has 432 valence electrons. The van der Waals surface area contributed by atoms with Gasteiger partial charge in [-0.3, -0.25) is 23.4 Å². The highest BCUT2D eigenvalue weighted by atomic mass is 31.2. The van der Waals surface area contributed by atoms with Crippen LogP contribution in [-0.4, -0.2) is 66.5 Å². The Labute approximate surface area is 453 Å². The first-order chi connectivity index (χ1) is 36.2. The average Bonchev–Trinajstić information content (AvgIpc) is 3.39. The van der Waals surface area contributed by atoms with E-state index in [1.54, 1.807) is 0 Å². The van der Waals surface area contributed by atoms with Crippen molar-refractivity contribution in [2.24, 2.45) is 0 Å². The van der Waals surface area contributed by atoms with E-state index in [-0.39, 0.29) is 25.9 Å². The highest BCUT2D eigenvalue weighted by Crippen LogP contribution is 2.43. The zero-order valence-electron chi connectivity index (χ0n) is 47.8. The van der Waals surface area contributed by atoms with E-state index in [4.69, 9.17) is 23.3 Å². The van der Waals surface area contributed by atoms with Crippen LogP contribution in [0.15, 0.2) is 48.6 Å². The van der Waals surface area contributed by atoms with E-state index in [0.29, 0.717) is 19.3 Å².